The number of nitrogens with zero attached hydrogens (tertiary/aromatic N) is 1. The Morgan fingerprint density at radius 3 is 2.50 bits per heavy atom. The van der Waals surface area contributed by atoms with Crippen LogP contribution in [0, 0.1) is 11.3 Å². The van der Waals surface area contributed by atoms with Crippen LogP contribution in [0.3, 0.4) is 0 Å². The first-order chi connectivity index (χ1) is 8.28. The van der Waals surface area contributed by atoms with Crippen LogP contribution in [-0.4, -0.2) is 36.6 Å². The summed E-state index contributed by atoms with van der Waals surface area (Å²) in [6, 6.07) is 1.42. The molecule has 108 valence electrons. The summed E-state index contributed by atoms with van der Waals surface area (Å²) >= 11 is 0. The average Bonchev–Trinajstić information content (AvgIpc) is 2.36. The van der Waals surface area contributed by atoms with E-state index in [1.165, 1.54) is 38.9 Å². The summed E-state index contributed by atoms with van der Waals surface area (Å²) in [7, 11) is 0. The highest BCUT2D eigenvalue weighted by Gasteiger charge is 2.24. The average molecular weight is 254 g/mol. The minimum atomic E-state index is 0.451. The lowest BCUT2D eigenvalue weighted by atomic mass is 9.91. The highest BCUT2D eigenvalue weighted by molar-refractivity contribution is 4.82. The molecule has 18 heavy (non-hydrogen) atoms. The predicted octanol–water partition coefficient (Wildman–Crippen LogP) is 3.52. The third-order valence-corrected chi connectivity index (χ3v) is 3.98. The minimum absolute atomic E-state index is 0.451. The van der Waals surface area contributed by atoms with E-state index in [-0.39, 0.29) is 0 Å². The molecule has 0 aromatic heterocycles. The fraction of sp³-hybridized carbons (Fsp3) is 1.00. The molecule has 1 rings (SSSR count). The van der Waals surface area contributed by atoms with Gasteiger partial charge in [-0.25, -0.2) is 0 Å². The fourth-order valence-electron chi connectivity index (χ4n) is 2.72. The van der Waals surface area contributed by atoms with E-state index in [2.05, 4.69) is 51.8 Å². The Kier molecular flexibility index (Phi) is 6.13. The molecule has 0 aromatic carbocycles. The van der Waals surface area contributed by atoms with Crippen molar-refractivity contribution in [3.63, 3.8) is 0 Å². The maximum atomic E-state index is 3.73. The highest BCUT2D eigenvalue weighted by atomic mass is 15.2. The Balaban J connectivity index is 2.51. The van der Waals surface area contributed by atoms with Crippen LogP contribution in [0.15, 0.2) is 0 Å². The van der Waals surface area contributed by atoms with E-state index in [0.717, 1.165) is 12.0 Å². The molecule has 0 bridgehead atoms. The molecule has 2 atom stereocenters. The molecule has 1 heterocycles. The zero-order chi connectivity index (χ0) is 13.8. The van der Waals surface area contributed by atoms with Gasteiger partial charge in [-0.05, 0) is 50.6 Å². The van der Waals surface area contributed by atoms with Crippen LogP contribution in [0.25, 0.3) is 0 Å². The number of rotatable bonds is 4. The van der Waals surface area contributed by atoms with Gasteiger partial charge in [-0.1, -0.05) is 34.6 Å². The summed E-state index contributed by atoms with van der Waals surface area (Å²) in [5, 5.41) is 3.73. The first-order valence-electron chi connectivity index (χ1n) is 7.75. The Labute approximate surface area is 115 Å². The van der Waals surface area contributed by atoms with Crippen LogP contribution in [0.4, 0.5) is 0 Å². The first-order valence-corrected chi connectivity index (χ1v) is 7.75. The van der Waals surface area contributed by atoms with E-state index >= 15 is 0 Å². The molecular formula is C16H34N2. The topological polar surface area (TPSA) is 15.3 Å². The van der Waals surface area contributed by atoms with Gasteiger partial charge in [0.05, 0.1) is 0 Å². The van der Waals surface area contributed by atoms with Crippen molar-refractivity contribution in [3.8, 4) is 0 Å². The van der Waals surface area contributed by atoms with Crippen LogP contribution >= 0.6 is 0 Å². The van der Waals surface area contributed by atoms with Gasteiger partial charge in [-0.15, -0.1) is 0 Å². The summed E-state index contributed by atoms with van der Waals surface area (Å²) in [4.78, 5) is 2.71. The fourth-order valence-corrected chi connectivity index (χ4v) is 2.72. The van der Waals surface area contributed by atoms with Crippen LogP contribution in [0.2, 0.25) is 0 Å². The summed E-state index contributed by atoms with van der Waals surface area (Å²) in [5.74, 6) is 0.792. The second kappa shape index (κ2) is 6.91. The van der Waals surface area contributed by atoms with Gasteiger partial charge in [-0.3, -0.25) is 4.90 Å². The molecule has 0 aliphatic carbocycles. The summed E-state index contributed by atoms with van der Waals surface area (Å²) in [6.07, 6.45) is 3.89. The van der Waals surface area contributed by atoms with Crippen LogP contribution in [0.1, 0.15) is 60.8 Å². The van der Waals surface area contributed by atoms with Crippen molar-refractivity contribution < 1.29 is 0 Å². The van der Waals surface area contributed by atoms with Gasteiger partial charge in [0.1, 0.15) is 0 Å². The lowest BCUT2D eigenvalue weighted by Gasteiger charge is -2.32. The van der Waals surface area contributed by atoms with Crippen molar-refractivity contribution in [1.82, 2.24) is 10.2 Å². The van der Waals surface area contributed by atoms with Crippen molar-refractivity contribution in [2.75, 3.05) is 19.6 Å². The molecule has 1 aliphatic heterocycles. The lowest BCUT2D eigenvalue weighted by molar-refractivity contribution is 0.171. The van der Waals surface area contributed by atoms with Crippen molar-refractivity contribution in [1.29, 1.82) is 0 Å². The number of hydrogen-bond donors (Lipinski definition) is 1. The van der Waals surface area contributed by atoms with E-state index < -0.39 is 0 Å². The second-order valence-electron chi connectivity index (χ2n) is 7.72. The maximum Gasteiger partial charge on any atom is 0.0197 e. The highest BCUT2D eigenvalue weighted by Crippen LogP contribution is 2.21. The first kappa shape index (κ1) is 16.0. The zero-order valence-electron chi connectivity index (χ0n) is 13.4. The summed E-state index contributed by atoms with van der Waals surface area (Å²) in [5.41, 5.74) is 0.451. The normalized spacial score (nSPS) is 27.5. The molecule has 2 unspecified atom stereocenters. The zero-order valence-corrected chi connectivity index (χ0v) is 13.4. The van der Waals surface area contributed by atoms with E-state index in [0.29, 0.717) is 11.5 Å². The predicted molar refractivity (Wildman–Crippen MR) is 81.0 cm³/mol. The van der Waals surface area contributed by atoms with E-state index in [4.69, 9.17) is 0 Å². The second-order valence-corrected chi connectivity index (χ2v) is 7.72. The molecule has 0 spiro atoms. The van der Waals surface area contributed by atoms with E-state index in [1.807, 2.05) is 0 Å². The van der Waals surface area contributed by atoms with Gasteiger partial charge >= 0.3 is 0 Å². The summed E-state index contributed by atoms with van der Waals surface area (Å²) < 4.78 is 0. The molecule has 0 amide bonds. The molecule has 0 saturated carbocycles. The van der Waals surface area contributed by atoms with Crippen LogP contribution in [-0.2, 0) is 0 Å². The van der Waals surface area contributed by atoms with Crippen LogP contribution < -0.4 is 5.32 Å². The van der Waals surface area contributed by atoms with Crippen LogP contribution in [0.5, 0.6) is 0 Å². The van der Waals surface area contributed by atoms with Gasteiger partial charge in [0.25, 0.3) is 0 Å². The van der Waals surface area contributed by atoms with Gasteiger partial charge in [0.15, 0.2) is 0 Å². The Bertz CT molecular complexity index is 230. The van der Waals surface area contributed by atoms with Gasteiger partial charge in [0.2, 0.25) is 0 Å². The van der Waals surface area contributed by atoms with Crippen molar-refractivity contribution in [2.45, 2.75) is 72.9 Å². The standard InChI is InChI=1S/C16H34N2/c1-13(2)11-15-12-18(10-8-16(4,5)6)14(3)7-9-17-15/h13-15,17H,7-12H2,1-6H3. The minimum Gasteiger partial charge on any atom is -0.313 e. The SMILES string of the molecule is CC(C)CC1CN(CCC(C)(C)C)C(C)CCN1. The Hall–Kier alpha value is -0.0800. The van der Waals surface area contributed by atoms with Gasteiger partial charge in [-0.2, -0.15) is 0 Å². The molecule has 2 nitrogen and oxygen atoms in total. The van der Waals surface area contributed by atoms with Gasteiger partial charge in [0, 0.05) is 18.6 Å². The third kappa shape index (κ3) is 6.19. The molecule has 1 saturated heterocycles. The van der Waals surface area contributed by atoms with Crippen molar-refractivity contribution >= 4 is 0 Å². The molecule has 1 aliphatic rings. The molecule has 1 fully saturated rings. The monoisotopic (exact) mass is 254 g/mol. The number of hydrogen-bond acceptors (Lipinski definition) is 2. The summed E-state index contributed by atoms with van der Waals surface area (Å²) in [6.45, 7) is 17.8. The van der Waals surface area contributed by atoms with Gasteiger partial charge < -0.3 is 5.32 Å². The lowest BCUT2D eigenvalue weighted by Crippen LogP contribution is -2.41. The Morgan fingerprint density at radius 1 is 1.28 bits per heavy atom. The third-order valence-electron chi connectivity index (χ3n) is 3.98. The van der Waals surface area contributed by atoms with Crippen molar-refractivity contribution in [3.05, 3.63) is 0 Å². The maximum absolute atomic E-state index is 3.73. The largest absolute Gasteiger partial charge is 0.313 e. The van der Waals surface area contributed by atoms with E-state index in [1.54, 1.807) is 0 Å². The molecule has 1 N–H and O–H groups in total. The van der Waals surface area contributed by atoms with E-state index in [9.17, 15) is 0 Å². The smallest absolute Gasteiger partial charge is 0.0197 e. The molecule has 0 aromatic rings. The molecule has 2 heteroatoms. The number of nitrogens with one attached hydrogen (secondary N) is 1. The Morgan fingerprint density at radius 2 is 1.94 bits per heavy atom. The molecule has 0 radical (unpaired) electrons. The van der Waals surface area contributed by atoms with Crippen molar-refractivity contribution in [2.24, 2.45) is 11.3 Å². The molecular weight excluding hydrogens is 220 g/mol. The quantitative estimate of drug-likeness (QED) is 0.826.